The van der Waals surface area contributed by atoms with Gasteiger partial charge in [-0.25, -0.2) is 14.8 Å². The average Bonchev–Trinajstić information content (AvgIpc) is 3.16. The first-order valence-electron chi connectivity index (χ1n) is 11.2. The number of hydrogen-bond acceptors (Lipinski definition) is 6. The smallest absolute Gasteiger partial charge is 0.410 e. The van der Waals surface area contributed by atoms with E-state index in [9.17, 15) is 4.79 Å². The third kappa shape index (κ3) is 5.83. The minimum absolute atomic E-state index is 0.191. The molecule has 1 fully saturated rings. The van der Waals surface area contributed by atoms with Crippen molar-refractivity contribution in [3.8, 4) is 0 Å². The van der Waals surface area contributed by atoms with E-state index in [2.05, 4.69) is 41.1 Å². The van der Waals surface area contributed by atoms with Gasteiger partial charge in [-0.3, -0.25) is 4.90 Å². The highest BCUT2D eigenvalue weighted by Gasteiger charge is 2.29. The number of halogens is 1. The zero-order valence-corrected chi connectivity index (χ0v) is 21.1. The summed E-state index contributed by atoms with van der Waals surface area (Å²) in [5.41, 5.74) is 2.45. The number of hydrogen-bond donors (Lipinski definition) is 2. The zero-order valence-electron chi connectivity index (χ0n) is 19.6. The van der Waals surface area contributed by atoms with Crippen LogP contribution in [0.3, 0.4) is 0 Å². The van der Waals surface area contributed by atoms with Crippen molar-refractivity contribution in [1.29, 1.82) is 0 Å². The highest BCUT2D eigenvalue weighted by Crippen LogP contribution is 2.29. The molecule has 4 rings (SSSR count). The van der Waals surface area contributed by atoms with Crippen LogP contribution in [-0.4, -0.2) is 62.6 Å². The maximum absolute atomic E-state index is 12.4. The summed E-state index contributed by atoms with van der Waals surface area (Å²) < 4.78 is 6.53. The Hall–Kier alpha value is -2.65. The van der Waals surface area contributed by atoms with Crippen molar-refractivity contribution in [2.45, 2.75) is 51.8 Å². The van der Waals surface area contributed by atoms with Crippen LogP contribution in [0.1, 0.15) is 39.2 Å². The number of nitrogens with zero attached hydrogens (tertiary/aromatic N) is 4. The van der Waals surface area contributed by atoms with Gasteiger partial charge in [-0.1, -0.05) is 22.0 Å². The number of rotatable bonds is 5. The molecule has 0 atom stereocenters. The number of aromatic amines is 1. The van der Waals surface area contributed by atoms with Crippen LogP contribution in [-0.2, 0) is 11.3 Å². The lowest BCUT2D eigenvalue weighted by Gasteiger charge is -2.37. The van der Waals surface area contributed by atoms with Crippen LogP contribution < -0.4 is 5.32 Å². The van der Waals surface area contributed by atoms with Crippen LogP contribution in [0.2, 0.25) is 0 Å². The number of carbonyl (C=O) groups excluding carboxylic acids is 1. The molecule has 0 spiro atoms. The lowest BCUT2D eigenvalue weighted by atomic mass is 10.0. The minimum Gasteiger partial charge on any atom is -0.444 e. The summed E-state index contributed by atoms with van der Waals surface area (Å²) in [5.74, 6) is 0.786. The molecule has 1 aliphatic rings. The van der Waals surface area contributed by atoms with Crippen LogP contribution in [0, 0.1) is 0 Å². The molecule has 1 amide bonds. The van der Waals surface area contributed by atoms with E-state index in [0.717, 1.165) is 65.1 Å². The molecule has 0 unspecified atom stereocenters. The Balaban J connectivity index is 1.42. The standard InChI is InChI=1S/C24H31BrN6O2/c1-24(2,3)33-23(32)30(4)19-8-10-31(11-9-19)14-16-13-26-21-20(16)22(28-15-27-21)29-18-7-5-6-17(25)12-18/h5-7,12-13,15,19H,8-11,14H2,1-4H3,(H2,26,27,28,29). The third-order valence-corrected chi connectivity index (χ3v) is 6.31. The second-order valence-electron chi connectivity index (χ2n) is 9.49. The van der Waals surface area contributed by atoms with Gasteiger partial charge >= 0.3 is 6.09 Å². The molecule has 0 saturated carbocycles. The first kappa shape index (κ1) is 23.5. The normalized spacial score (nSPS) is 15.5. The number of likely N-dealkylation sites (tertiary alicyclic amines) is 1. The van der Waals surface area contributed by atoms with E-state index in [1.165, 1.54) is 0 Å². The van der Waals surface area contributed by atoms with Crippen molar-refractivity contribution in [1.82, 2.24) is 24.8 Å². The van der Waals surface area contributed by atoms with Crippen LogP contribution in [0.5, 0.6) is 0 Å². The molecule has 1 aromatic carbocycles. The largest absolute Gasteiger partial charge is 0.444 e. The third-order valence-electron chi connectivity index (χ3n) is 5.82. The molecule has 3 aromatic rings. The molecular formula is C24H31BrN6O2. The van der Waals surface area contributed by atoms with E-state index in [-0.39, 0.29) is 12.1 Å². The number of amides is 1. The number of benzene rings is 1. The Morgan fingerprint density at radius 2 is 2.06 bits per heavy atom. The van der Waals surface area contributed by atoms with Crippen molar-refractivity contribution >= 4 is 44.6 Å². The second-order valence-corrected chi connectivity index (χ2v) is 10.4. The number of nitrogens with one attached hydrogen (secondary N) is 2. The number of carbonyl (C=O) groups is 1. The molecule has 2 N–H and O–H groups in total. The van der Waals surface area contributed by atoms with Crippen molar-refractivity contribution in [2.24, 2.45) is 0 Å². The number of piperidine rings is 1. The molecule has 9 heteroatoms. The molecule has 3 heterocycles. The molecule has 0 bridgehead atoms. The van der Waals surface area contributed by atoms with Crippen LogP contribution in [0.15, 0.2) is 41.3 Å². The lowest BCUT2D eigenvalue weighted by molar-refractivity contribution is 0.0149. The molecule has 0 radical (unpaired) electrons. The van der Waals surface area contributed by atoms with Gasteiger partial charge in [-0.2, -0.15) is 0 Å². The Bertz CT molecular complexity index is 1120. The highest BCUT2D eigenvalue weighted by atomic mass is 79.9. The zero-order chi connectivity index (χ0) is 23.6. The Kier molecular flexibility index (Phi) is 6.90. The van der Waals surface area contributed by atoms with Gasteiger partial charge in [0.2, 0.25) is 0 Å². The number of ether oxygens (including phenoxy) is 1. The van der Waals surface area contributed by atoms with Crippen molar-refractivity contribution in [3.63, 3.8) is 0 Å². The second kappa shape index (κ2) is 9.69. The van der Waals surface area contributed by atoms with Gasteiger partial charge in [0, 0.05) is 49.1 Å². The first-order valence-corrected chi connectivity index (χ1v) is 12.0. The summed E-state index contributed by atoms with van der Waals surface area (Å²) >= 11 is 3.52. The molecule has 176 valence electrons. The summed E-state index contributed by atoms with van der Waals surface area (Å²) in [6.07, 6.45) is 5.17. The van der Waals surface area contributed by atoms with E-state index in [4.69, 9.17) is 4.74 Å². The van der Waals surface area contributed by atoms with Gasteiger partial charge in [-0.15, -0.1) is 0 Å². The summed E-state index contributed by atoms with van der Waals surface area (Å²) in [5, 5.41) is 4.43. The fourth-order valence-electron chi connectivity index (χ4n) is 4.14. The Morgan fingerprint density at radius 3 is 2.76 bits per heavy atom. The fourth-order valence-corrected chi connectivity index (χ4v) is 4.54. The van der Waals surface area contributed by atoms with Crippen molar-refractivity contribution < 1.29 is 9.53 Å². The quantitative estimate of drug-likeness (QED) is 0.480. The minimum atomic E-state index is -0.481. The Morgan fingerprint density at radius 1 is 1.30 bits per heavy atom. The van der Waals surface area contributed by atoms with E-state index in [1.807, 2.05) is 58.3 Å². The predicted molar refractivity (Wildman–Crippen MR) is 134 cm³/mol. The molecule has 8 nitrogen and oxygen atoms in total. The topological polar surface area (TPSA) is 86.4 Å². The number of aromatic nitrogens is 3. The van der Waals surface area contributed by atoms with Crippen molar-refractivity contribution in [2.75, 3.05) is 25.5 Å². The van der Waals surface area contributed by atoms with Gasteiger partial charge in [0.25, 0.3) is 0 Å². The van der Waals surface area contributed by atoms with E-state index < -0.39 is 5.60 Å². The SMILES string of the molecule is CN(C(=O)OC(C)(C)C)C1CCN(Cc2c[nH]c3ncnc(Nc4cccc(Br)c4)c23)CC1. The maximum Gasteiger partial charge on any atom is 0.410 e. The molecule has 1 aliphatic heterocycles. The molecular weight excluding hydrogens is 484 g/mol. The summed E-state index contributed by atoms with van der Waals surface area (Å²) in [4.78, 5) is 28.8. The molecule has 2 aromatic heterocycles. The molecule has 1 saturated heterocycles. The highest BCUT2D eigenvalue weighted by molar-refractivity contribution is 9.10. The maximum atomic E-state index is 12.4. The van der Waals surface area contributed by atoms with E-state index in [1.54, 1.807) is 11.2 Å². The van der Waals surface area contributed by atoms with Gasteiger partial charge in [-0.05, 0) is 57.4 Å². The monoisotopic (exact) mass is 514 g/mol. The van der Waals surface area contributed by atoms with Crippen LogP contribution in [0.25, 0.3) is 11.0 Å². The number of anilines is 2. The predicted octanol–water partition coefficient (Wildman–Crippen LogP) is 5.30. The van der Waals surface area contributed by atoms with Gasteiger partial charge in [0.1, 0.15) is 23.4 Å². The average molecular weight is 515 g/mol. The van der Waals surface area contributed by atoms with E-state index in [0.29, 0.717) is 0 Å². The number of fused-ring (bicyclic) bond motifs is 1. The van der Waals surface area contributed by atoms with Gasteiger partial charge in [0.05, 0.1) is 5.39 Å². The van der Waals surface area contributed by atoms with Crippen LogP contribution >= 0.6 is 15.9 Å². The van der Waals surface area contributed by atoms with E-state index >= 15 is 0 Å². The number of H-pyrrole nitrogens is 1. The summed E-state index contributed by atoms with van der Waals surface area (Å²) in [6.45, 7) is 8.30. The first-order chi connectivity index (χ1) is 15.7. The molecule has 33 heavy (non-hydrogen) atoms. The van der Waals surface area contributed by atoms with Crippen molar-refractivity contribution in [3.05, 3.63) is 46.8 Å². The van der Waals surface area contributed by atoms with Gasteiger partial charge < -0.3 is 19.9 Å². The lowest BCUT2D eigenvalue weighted by Crippen LogP contribution is -2.46. The fraction of sp³-hybridized carbons (Fsp3) is 0.458. The van der Waals surface area contributed by atoms with Crippen LogP contribution in [0.4, 0.5) is 16.3 Å². The van der Waals surface area contributed by atoms with Gasteiger partial charge in [0.15, 0.2) is 0 Å². The summed E-state index contributed by atoms with van der Waals surface area (Å²) in [7, 11) is 1.84. The summed E-state index contributed by atoms with van der Waals surface area (Å²) in [6, 6.07) is 8.20. The molecule has 0 aliphatic carbocycles. The Labute approximate surface area is 202 Å².